The largest absolute Gasteiger partial charge is 0.494 e. The van der Waals surface area contributed by atoms with Gasteiger partial charge in [0.15, 0.2) is 32.5 Å². The molecule has 4 heterocycles. The summed E-state index contributed by atoms with van der Waals surface area (Å²) in [6.07, 6.45) is 9.58. The maximum Gasteiger partial charge on any atom is 0.418 e. The minimum atomic E-state index is -4.52. The number of anilines is 4. The molecule has 1 aliphatic heterocycles. The van der Waals surface area contributed by atoms with Crippen molar-refractivity contribution in [3.05, 3.63) is 191 Å². The highest BCUT2D eigenvalue weighted by Crippen LogP contribution is 2.41. The summed E-state index contributed by atoms with van der Waals surface area (Å²) in [7, 11) is 0. The van der Waals surface area contributed by atoms with E-state index in [2.05, 4.69) is 154 Å². The molecule has 13 rings (SSSR count). The number of para-hydroxylation sites is 3. The molecule has 0 radical (unpaired) electrons. The van der Waals surface area contributed by atoms with Crippen molar-refractivity contribution < 1.29 is 28.1 Å². The maximum atomic E-state index is 13.0. The number of aromatic nitrogens is 3. The molecule has 26 nitrogen and oxygen atoms in total. The van der Waals surface area contributed by atoms with Crippen molar-refractivity contribution in [3.8, 4) is 17.5 Å². The lowest BCUT2D eigenvalue weighted by atomic mass is 9.82. The van der Waals surface area contributed by atoms with Gasteiger partial charge < -0.3 is 68.8 Å². The Morgan fingerprint density at radius 3 is 1.83 bits per heavy atom. The van der Waals surface area contributed by atoms with Gasteiger partial charge in [0.1, 0.15) is 17.4 Å². The van der Waals surface area contributed by atoms with Crippen molar-refractivity contribution in [2.45, 2.75) is 103 Å². The van der Waals surface area contributed by atoms with E-state index < -0.39 is 11.7 Å². The summed E-state index contributed by atoms with van der Waals surface area (Å²) in [5, 5.41) is 64.5. The van der Waals surface area contributed by atoms with Crippen LogP contribution < -0.4 is 65.3 Å². The number of hydrazone groups is 2. The number of aliphatic imine (C=N–C) groups is 1. The van der Waals surface area contributed by atoms with Gasteiger partial charge in [-0.3, -0.25) is 26.7 Å². The first-order valence-corrected chi connectivity index (χ1v) is 38.7. The van der Waals surface area contributed by atoms with Gasteiger partial charge in [-0.25, -0.2) is 0 Å². The second-order valence-electron chi connectivity index (χ2n) is 25.0. The van der Waals surface area contributed by atoms with Crippen LogP contribution in [-0.4, -0.2) is 86.3 Å². The van der Waals surface area contributed by atoms with Crippen molar-refractivity contribution >= 4 is 217 Å². The molecule has 10 aromatic rings. The quantitative estimate of drug-likeness (QED) is 0.0325. The van der Waals surface area contributed by atoms with Gasteiger partial charge in [-0.1, -0.05) is 153 Å². The number of amidine groups is 1. The lowest BCUT2D eigenvalue weighted by Gasteiger charge is -2.24. The predicted octanol–water partition coefficient (Wildman–Crippen LogP) is 19.9. The van der Waals surface area contributed by atoms with Crippen molar-refractivity contribution in [1.82, 2.24) is 36.7 Å². The Hall–Kier alpha value is -10.9. The number of hydrogen-bond donors (Lipinski definition) is 16. The molecule has 0 bridgehead atoms. The molecule has 20 N–H and O–H groups in total. The average Bonchev–Trinajstić information content (AvgIpc) is 1.64. The monoisotopic (exact) mass is 1690 g/mol. The molecule has 2 fully saturated rings. The molecule has 3 aromatic heterocycles. The molecule has 2 unspecified atom stereocenters. The predicted molar refractivity (Wildman–Crippen MR) is 474 cm³/mol. The lowest BCUT2D eigenvalue weighted by Crippen LogP contribution is -2.43. The zero-order chi connectivity index (χ0) is 81.2. The summed E-state index contributed by atoms with van der Waals surface area (Å²) in [5.74, 6) is 3.50. The number of halogens is 5. The second-order valence-corrected chi connectivity index (χ2v) is 28.3. The SMILES string of the molecule is CC1CCCC/C1=N\NC(N)=S.CCOc1ccc(NC(=S)N=Nc2c(O)[nH]c3c(Cl)cc(Cl)cc23)cc1.NC(=S)N/N=C1\CCCCC1c1ccccc1.NC(=S)N=Nc1[nH]c(N)c2ccccc12.Oc1[nH]c2ccccc2c1N=NC(=S)Nc1ccccc1C(F)(F)F.S=C(NNC1=NCCCCC1)Nc1ccccc1. The van der Waals surface area contributed by atoms with Gasteiger partial charge in [-0.15, -0.1) is 30.7 Å². The first-order valence-electron chi connectivity index (χ1n) is 35.4. The number of rotatable bonds is 11. The van der Waals surface area contributed by atoms with Gasteiger partial charge in [0.05, 0.1) is 33.9 Å². The number of hydrogen-bond acceptors (Lipinski definition) is 17. The minimum absolute atomic E-state index is 0.00717. The van der Waals surface area contributed by atoms with Crippen LogP contribution in [0.2, 0.25) is 10.0 Å². The van der Waals surface area contributed by atoms with E-state index in [1.807, 2.05) is 91.9 Å². The van der Waals surface area contributed by atoms with Crippen LogP contribution in [0.5, 0.6) is 17.5 Å². The summed E-state index contributed by atoms with van der Waals surface area (Å²) in [4.78, 5) is 12.8. The highest BCUT2D eigenvalue weighted by molar-refractivity contribution is 7.81. The number of benzene rings is 7. The van der Waals surface area contributed by atoms with Crippen LogP contribution in [0.4, 0.5) is 53.2 Å². The molecule has 0 amide bonds. The van der Waals surface area contributed by atoms with Gasteiger partial charge in [0.25, 0.3) is 0 Å². The number of fused-ring (bicyclic) bond motifs is 3. The number of thiocarbonyl (C=S) groups is 6. The molecular weight excluding hydrogens is 1600 g/mol. The second kappa shape index (κ2) is 44.9. The van der Waals surface area contributed by atoms with E-state index in [9.17, 15) is 23.4 Å². The van der Waals surface area contributed by atoms with E-state index in [0.29, 0.717) is 67.0 Å². The number of alkyl halides is 3. The van der Waals surface area contributed by atoms with Crippen molar-refractivity contribution in [2.75, 3.05) is 34.8 Å². The van der Waals surface area contributed by atoms with E-state index >= 15 is 0 Å². The molecule has 7 aromatic carbocycles. The molecule has 0 spiro atoms. The summed E-state index contributed by atoms with van der Waals surface area (Å²) in [6, 6.07) is 50.3. The molecule has 0 saturated heterocycles. The number of nitrogens with one attached hydrogen (secondary N) is 10. The van der Waals surface area contributed by atoms with Crippen molar-refractivity contribution in [3.63, 3.8) is 0 Å². The number of aromatic hydroxyl groups is 2. The highest BCUT2D eigenvalue weighted by Gasteiger charge is 2.33. The lowest BCUT2D eigenvalue weighted by molar-refractivity contribution is -0.136. The summed E-state index contributed by atoms with van der Waals surface area (Å²) >= 11 is 41.4. The number of aromatic amines is 3. The zero-order valence-electron chi connectivity index (χ0n) is 61.2. The normalized spacial score (nSPS) is 15.4. The van der Waals surface area contributed by atoms with Gasteiger partial charge in [0.2, 0.25) is 27.1 Å². The van der Waals surface area contributed by atoms with Crippen LogP contribution in [0.25, 0.3) is 32.6 Å². The first-order chi connectivity index (χ1) is 54.3. The summed E-state index contributed by atoms with van der Waals surface area (Å²) in [5.41, 5.74) is 38.9. The number of nitrogen functional groups attached to an aromatic ring is 1. The Bertz CT molecular complexity index is 5080. The summed E-state index contributed by atoms with van der Waals surface area (Å²) in [6.45, 7) is 5.62. The van der Waals surface area contributed by atoms with Crippen LogP contribution in [-0.2, 0) is 6.18 Å². The van der Waals surface area contributed by atoms with Crippen molar-refractivity contribution in [1.29, 1.82) is 0 Å². The van der Waals surface area contributed by atoms with Gasteiger partial charge >= 0.3 is 6.18 Å². The smallest absolute Gasteiger partial charge is 0.418 e. The zero-order valence-corrected chi connectivity index (χ0v) is 67.6. The molecule has 37 heteroatoms. The fraction of sp³-hybridized carbons (Fsp3) is 0.250. The average molecular weight is 1690 g/mol. The van der Waals surface area contributed by atoms with E-state index in [-0.39, 0.29) is 54.4 Å². The van der Waals surface area contributed by atoms with Crippen LogP contribution in [0, 0.1) is 5.92 Å². The third-order valence-electron chi connectivity index (χ3n) is 16.8. The molecule has 2 aliphatic carbocycles. The number of H-pyrrole nitrogens is 3. The Morgan fingerprint density at radius 1 is 0.593 bits per heavy atom. The fourth-order valence-corrected chi connectivity index (χ4v) is 12.7. The van der Waals surface area contributed by atoms with Crippen LogP contribution in [0.15, 0.2) is 216 Å². The molecule has 2 saturated carbocycles. The summed E-state index contributed by atoms with van der Waals surface area (Å²) < 4.78 is 44.3. The minimum Gasteiger partial charge on any atom is -0.494 e. The van der Waals surface area contributed by atoms with Gasteiger partial charge in [-0.05, 0) is 210 Å². The third-order valence-corrected chi connectivity index (χ3v) is 18.2. The standard InChI is InChI=1S/C17H14Cl2N4O2S.C16H11F3N4OS.C13H18N4S.C13H17N3S.C9H9N5S.C8H15N3S/c1-2-25-11-5-3-10(4-6-11)20-17(26)23-22-15-12-7-9(18)8-13(19)14(12)21-16(15)24;17-16(18,19)10-6-2-4-8-12(10)21-15(25)23-22-13-9-5-1-3-7-11(9)20-14(13)24;18-13(15-11-7-3-1-4-8-11)17-16-12-9-5-2-6-10-14-12;14-13(17)16-15-12-9-5-4-8-11(12)10-6-2-1-3-7-10;10-7-5-3-1-2-4-6(5)8(12-7)13-14-9(11)15;1-6-4-2-3-5-7(6)10-11-8(9)12/h3-8,21,24H,2H2,1H3,(H,20,26);1-8,20,24H,(H,21,25);1,3-4,7-8H,2,5-6,9-10H2,(H,14,16)(H2,15,17,18);1-3,6-7,11H,4-5,8-9H2,(H3,14,16,17);1-4,12H,10H2,(H2,11,15);6H,2-5H2,1H3,(H3,9,11,12)/b;;;15-12+;;10-7+. The topological polar surface area (TPSA) is 397 Å². The first kappa shape index (κ1) is 87.7. The molecule has 3 aliphatic rings. The number of ether oxygens (including phenoxy) is 1. The highest BCUT2D eigenvalue weighted by atomic mass is 35.5. The number of nitrogens with zero attached hydrogens (tertiary/aromatic N) is 9. The van der Waals surface area contributed by atoms with E-state index in [1.165, 1.54) is 80.8 Å². The third kappa shape index (κ3) is 28.7. The maximum absolute atomic E-state index is 13.0. The van der Waals surface area contributed by atoms with E-state index in [4.69, 9.17) is 99.7 Å². The van der Waals surface area contributed by atoms with E-state index in [1.54, 1.807) is 36.4 Å². The Kier molecular flexibility index (Phi) is 34.9. The van der Waals surface area contributed by atoms with Crippen LogP contribution >= 0.6 is 96.5 Å². The Balaban J connectivity index is 0.000000173. The Morgan fingerprint density at radius 2 is 1.17 bits per heavy atom. The van der Waals surface area contributed by atoms with E-state index in [0.717, 1.165) is 77.7 Å². The van der Waals surface area contributed by atoms with Crippen LogP contribution in [0.1, 0.15) is 108 Å². The molecule has 2 atom stereocenters. The number of azo groups is 3. The molecule has 113 heavy (non-hydrogen) atoms. The Labute approximate surface area is 692 Å². The number of nitrogens with two attached hydrogens (primary N) is 4. The fourth-order valence-electron chi connectivity index (χ4n) is 11.5. The molecular formula is C76H84Cl2F3N23O3S6. The molecule has 592 valence electrons. The van der Waals surface area contributed by atoms with Crippen molar-refractivity contribution in [2.24, 2.45) is 69.0 Å². The van der Waals surface area contributed by atoms with Gasteiger partial charge in [-0.2, -0.15) is 23.4 Å². The number of hydrazine groups is 1. The van der Waals surface area contributed by atoms with Crippen LogP contribution in [0.3, 0.4) is 0 Å². The van der Waals surface area contributed by atoms with Gasteiger partial charge in [0, 0.05) is 68.2 Å².